The van der Waals surface area contributed by atoms with E-state index in [1.54, 1.807) is 6.07 Å². The SMILES string of the molecule is CCOC(=O)C1=C(C)NC(C(F)(F)F)=C(C(=O)OC)C1c1cc([N+](=O)[O-])ccc1OCCCCNCC(O)COc1ccccc1[N+](=O)[O-]. The molecule has 15 nitrogen and oxygen atoms in total. The van der Waals surface area contributed by atoms with Crippen molar-refractivity contribution in [3.05, 3.63) is 90.8 Å². The first-order valence-electron chi connectivity index (χ1n) is 14.9. The molecule has 0 bridgehead atoms. The predicted octanol–water partition coefficient (Wildman–Crippen LogP) is 4.20. The molecule has 2 aromatic carbocycles. The molecule has 266 valence electrons. The van der Waals surface area contributed by atoms with E-state index in [1.807, 2.05) is 0 Å². The quantitative estimate of drug-likeness (QED) is 0.0920. The molecule has 1 aliphatic heterocycles. The van der Waals surface area contributed by atoms with Gasteiger partial charge in [0, 0.05) is 36.0 Å². The third kappa shape index (κ3) is 9.89. The fourth-order valence-electron chi connectivity index (χ4n) is 4.96. The minimum absolute atomic E-state index is 0.0163. The largest absolute Gasteiger partial charge is 0.493 e. The standard InChI is InChI=1S/C31H35F3N4O11/c1-4-47-30(41)25-18(2)36-28(31(32,33)34)27(29(40)46-3)26(25)21-15-19(37(42)43)11-12-23(21)48-14-8-7-13-35-16-20(39)17-49-24-10-6-5-9-22(24)38(44)45/h5-6,9-12,15,20,26,35-36,39H,4,7-8,13-14,16-17H2,1-3H3. The lowest BCUT2D eigenvalue weighted by Gasteiger charge is -2.32. The van der Waals surface area contributed by atoms with E-state index >= 15 is 0 Å². The molecule has 1 heterocycles. The Labute approximate surface area is 278 Å². The number of hydrogen-bond donors (Lipinski definition) is 3. The Morgan fingerprint density at radius 3 is 2.37 bits per heavy atom. The second kappa shape index (κ2) is 17.3. The Balaban J connectivity index is 1.76. The van der Waals surface area contributed by atoms with Crippen LogP contribution >= 0.6 is 0 Å². The first-order valence-corrected chi connectivity index (χ1v) is 14.9. The van der Waals surface area contributed by atoms with Gasteiger partial charge in [0.1, 0.15) is 24.2 Å². The van der Waals surface area contributed by atoms with E-state index < -0.39 is 62.5 Å². The number of unbranched alkanes of at least 4 members (excludes halogenated alkanes) is 1. The minimum Gasteiger partial charge on any atom is -0.493 e. The van der Waals surface area contributed by atoms with Crippen molar-refractivity contribution in [2.45, 2.75) is 44.9 Å². The molecule has 0 aromatic heterocycles. The average Bonchev–Trinajstić information content (AvgIpc) is 3.05. The zero-order chi connectivity index (χ0) is 36.3. The molecule has 2 atom stereocenters. The fraction of sp³-hybridized carbons (Fsp3) is 0.419. The number of nitrogens with zero attached hydrogens (tertiary/aromatic N) is 2. The Kier molecular flexibility index (Phi) is 13.5. The smallest absolute Gasteiger partial charge is 0.431 e. The molecule has 0 aliphatic carbocycles. The summed E-state index contributed by atoms with van der Waals surface area (Å²) in [7, 11) is 0.857. The summed E-state index contributed by atoms with van der Waals surface area (Å²) in [6.07, 6.45) is -5.26. The summed E-state index contributed by atoms with van der Waals surface area (Å²) >= 11 is 0. The average molecular weight is 697 g/mol. The van der Waals surface area contributed by atoms with Crippen LogP contribution in [0.15, 0.2) is 65.0 Å². The number of nitro groups is 2. The van der Waals surface area contributed by atoms with Gasteiger partial charge in [-0.25, -0.2) is 9.59 Å². The molecule has 3 N–H and O–H groups in total. The molecule has 0 spiro atoms. The van der Waals surface area contributed by atoms with Gasteiger partial charge in [-0.05, 0) is 45.4 Å². The van der Waals surface area contributed by atoms with Gasteiger partial charge in [-0.2, -0.15) is 13.2 Å². The lowest BCUT2D eigenvalue weighted by atomic mass is 9.79. The normalized spacial score (nSPS) is 15.3. The summed E-state index contributed by atoms with van der Waals surface area (Å²) in [5.74, 6) is -4.41. The van der Waals surface area contributed by atoms with E-state index in [1.165, 1.54) is 38.1 Å². The first kappa shape index (κ1) is 38.2. The van der Waals surface area contributed by atoms with E-state index in [0.29, 0.717) is 19.4 Å². The Morgan fingerprint density at radius 1 is 1.02 bits per heavy atom. The number of halogens is 3. The van der Waals surface area contributed by atoms with Crippen molar-refractivity contribution < 1.29 is 56.7 Å². The van der Waals surface area contributed by atoms with Crippen LogP contribution in [0.4, 0.5) is 24.5 Å². The van der Waals surface area contributed by atoms with Crippen LogP contribution in [0.5, 0.6) is 11.5 Å². The molecule has 2 unspecified atom stereocenters. The summed E-state index contributed by atoms with van der Waals surface area (Å²) in [5.41, 5.74) is -4.24. The number of esters is 2. The number of aliphatic hydroxyl groups excluding tert-OH is 1. The van der Waals surface area contributed by atoms with E-state index in [-0.39, 0.29) is 54.8 Å². The van der Waals surface area contributed by atoms with E-state index in [9.17, 15) is 48.1 Å². The maximum absolute atomic E-state index is 14.2. The number of aliphatic hydroxyl groups is 1. The van der Waals surface area contributed by atoms with Gasteiger partial charge in [-0.1, -0.05) is 12.1 Å². The number of benzene rings is 2. The topological polar surface area (TPSA) is 202 Å². The number of alkyl halides is 3. The predicted molar refractivity (Wildman–Crippen MR) is 166 cm³/mol. The molecule has 49 heavy (non-hydrogen) atoms. The second-order valence-corrected chi connectivity index (χ2v) is 10.5. The number of nitrogens with one attached hydrogen (secondary N) is 2. The molecule has 0 saturated carbocycles. The maximum Gasteiger partial charge on any atom is 0.431 e. The van der Waals surface area contributed by atoms with Gasteiger partial charge in [0.2, 0.25) is 0 Å². The van der Waals surface area contributed by atoms with Crippen LogP contribution in [0.1, 0.15) is 38.2 Å². The highest BCUT2D eigenvalue weighted by Crippen LogP contribution is 2.46. The molecule has 1 aliphatic rings. The Bertz CT molecular complexity index is 1610. The molecule has 0 fully saturated rings. The van der Waals surface area contributed by atoms with E-state index in [4.69, 9.17) is 14.2 Å². The van der Waals surface area contributed by atoms with Crippen molar-refractivity contribution in [2.75, 3.05) is 40.0 Å². The summed E-state index contributed by atoms with van der Waals surface area (Å²) in [6, 6.07) is 8.91. The molecule has 0 amide bonds. The van der Waals surface area contributed by atoms with Crippen LogP contribution in [0.3, 0.4) is 0 Å². The molecule has 2 aromatic rings. The van der Waals surface area contributed by atoms with Crippen LogP contribution in [0, 0.1) is 20.2 Å². The molecular weight excluding hydrogens is 661 g/mol. The van der Waals surface area contributed by atoms with Crippen LogP contribution in [0.2, 0.25) is 0 Å². The number of non-ortho nitro benzene ring substituents is 1. The van der Waals surface area contributed by atoms with Crippen molar-refractivity contribution in [3.63, 3.8) is 0 Å². The van der Waals surface area contributed by atoms with Gasteiger partial charge >= 0.3 is 23.8 Å². The molecule has 3 rings (SSSR count). The number of rotatable bonds is 17. The zero-order valence-corrected chi connectivity index (χ0v) is 26.7. The second-order valence-electron chi connectivity index (χ2n) is 10.5. The highest BCUT2D eigenvalue weighted by molar-refractivity contribution is 6.00. The number of methoxy groups -OCH3 is 1. The summed E-state index contributed by atoms with van der Waals surface area (Å²) in [6.45, 7) is 2.74. The summed E-state index contributed by atoms with van der Waals surface area (Å²) in [4.78, 5) is 47.4. The molecular formula is C31H35F3N4O11. The first-order chi connectivity index (χ1) is 23.2. The maximum atomic E-state index is 14.2. The summed E-state index contributed by atoms with van der Waals surface area (Å²) < 4.78 is 63.7. The lowest BCUT2D eigenvalue weighted by Crippen LogP contribution is -2.38. The summed E-state index contributed by atoms with van der Waals surface area (Å²) in [5, 5.41) is 38.1. The molecule has 0 saturated heterocycles. The monoisotopic (exact) mass is 696 g/mol. The number of carbonyl (C=O) groups excluding carboxylic acids is 2. The van der Waals surface area contributed by atoms with Gasteiger partial charge in [0.05, 0.1) is 47.2 Å². The number of dihydropyridines is 1. The molecule has 18 heteroatoms. The van der Waals surface area contributed by atoms with Gasteiger partial charge < -0.3 is 34.7 Å². The van der Waals surface area contributed by atoms with Gasteiger partial charge in [0.25, 0.3) is 5.69 Å². The number of para-hydroxylation sites is 2. The van der Waals surface area contributed by atoms with Crippen molar-refractivity contribution in [1.82, 2.24) is 10.6 Å². The van der Waals surface area contributed by atoms with Gasteiger partial charge in [-0.3, -0.25) is 20.2 Å². The fourth-order valence-corrected chi connectivity index (χ4v) is 4.96. The van der Waals surface area contributed by atoms with Crippen molar-refractivity contribution in [3.8, 4) is 11.5 Å². The van der Waals surface area contributed by atoms with Crippen LogP contribution < -0.4 is 20.1 Å². The van der Waals surface area contributed by atoms with E-state index in [0.717, 1.165) is 19.2 Å². The highest BCUT2D eigenvalue weighted by atomic mass is 19.4. The van der Waals surface area contributed by atoms with Crippen LogP contribution in [-0.4, -0.2) is 79.2 Å². The van der Waals surface area contributed by atoms with Crippen molar-refractivity contribution in [1.29, 1.82) is 0 Å². The van der Waals surface area contributed by atoms with E-state index in [2.05, 4.69) is 15.4 Å². The highest BCUT2D eigenvalue weighted by Gasteiger charge is 2.48. The van der Waals surface area contributed by atoms with Gasteiger partial charge in [0.15, 0.2) is 5.75 Å². The number of ether oxygens (including phenoxy) is 4. The third-order valence-corrected chi connectivity index (χ3v) is 7.14. The van der Waals surface area contributed by atoms with Crippen molar-refractivity contribution in [2.24, 2.45) is 0 Å². The minimum atomic E-state index is -5.11. The number of hydrogen-bond acceptors (Lipinski definition) is 13. The Morgan fingerprint density at radius 2 is 1.73 bits per heavy atom. The zero-order valence-electron chi connectivity index (χ0n) is 26.7. The Hall–Kier alpha value is -5.23. The lowest BCUT2D eigenvalue weighted by molar-refractivity contribution is -0.385. The number of carbonyl (C=O) groups is 2. The number of allylic oxidation sites excluding steroid dienone is 2. The number of nitro benzene ring substituents is 2. The van der Waals surface area contributed by atoms with Crippen molar-refractivity contribution >= 4 is 23.3 Å². The molecule has 0 radical (unpaired) electrons. The van der Waals surface area contributed by atoms with Crippen LogP contribution in [-0.2, 0) is 19.1 Å². The third-order valence-electron chi connectivity index (χ3n) is 7.14. The van der Waals surface area contributed by atoms with Gasteiger partial charge in [-0.15, -0.1) is 0 Å². The van der Waals surface area contributed by atoms with Crippen LogP contribution in [0.25, 0.3) is 0 Å².